The Hall–Kier alpha value is -3.45. The van der Waals surface area contributed by atoms with E-state index in [-0.39, 0.29) is 29.5 Å². The number of carbonyl (C=O) groups excluding carboxylic acids is 1. The van der Waals surface area contributed by atoms with Gasteiger partial charge in [0.15, 0.2) is 9.84 Å². The van der Waals surface area contributed by atoms with Crippen molar-refractivity contribution in [1.82, 2.24) is 4.90 Å². The maximum absolute atomic E-state index is 13.8. The molecule has 1 heterocycles. The molecule has 1 aliphatic heterocycles. The third-order valence-corrected chi connectivity index (χ3v) is 7.93. The Bertz CT molecular complexity index is 1170. The van der Waals surface area contributed by atoms with Gasteiger partial charge in [-0.25, -0.2) is 13.2 Å². The first-order chi connectivity index (χ1) is 15.9. The van der Waals surface area contributed by atoms with Gasteiger partial charge in [-0.2, -0.15) is 0 Å². The Kier molecular flexibility index (Phi) is 6.60. The van der Waals surface area contributed by atoms with E-state index in [0.29, 0.717) is 0 Å². The van der Waals surface area contributed by atoms with Crippen molar-refractivity contribution < 1.29 is 23.1 Å². The molecule has 1 aliphatic rings. The van der Waals surface area contributed by atoms with Crippen LogP contribution >= 0.6 is 0 Å². The van der Waals surface area contributed by atoms with Crippen LogP contribution in [0.3, 0.4) is 0 Å². The van der Waals surface area contributed by atoms with E-state index in [0.717, 1.165) is 11.1 Å². The van der Waals surface area contributed by atoms with E-state index in [2.05, 4.69) is 0 Å². The van der Waals surface area contributed by atoms with Crippen LogP contribution in [0.1, 0.15) is 23.5 Å². The number of amides is 1. The van der Waals surface area contributed by atoms with Crippen molar-refractivity contribution in [3.05, 3.63) is 102 Å². The van der Waals surface area contributed by atoms with E-state index >= 15 is 0 Å². The lowest BCUT2D eigenvalue weighted by Crippen LogP contribution is -2.43. The lowest BCUT2D eigenvalue weighted by Gasteiger charge is -2.27. The van der Waals surface area contributed by atoms with Gasteiger partial charge < -0.3 is 10.0 Å². The first-order valence-electron chi connectivity index (χ1n) is 10.8. The second kappa shape index (κ2) is 9.58. The Morgan fingerprint density at radius 1 is 0.848 bits per heavy atom. The van der Waals surface area contributed by atoms with Crippen molar-refractivity contribution in [3.8, 4) is 0 Å². The lowest BCUT2D eigenvalue weighted by atomic mass is 9.90. The summed E-state index contributed by atoms with van der Waals surface area (Å²) in [7, 11) is -3.60. The fraction of sp³-hybridized carbons (Fsp3) is 0.231. The van der Waals surface area contributed by atoms with Gasteiger partial charge >= 0.3 is 5.97 Å². The van der Waals surface area contributed by atoms with E-state index in [1.165, 1.54) is 17.0 Å². The first kappa shape index (κ1) is 22.7. The Balaban J connectivity index is 1.63. The maximum atomic E-state index is 13.8. The number of rotatable bonds is 7. The fourth-order valence-corrected chi connectivity index (χ4v) is 6.12. The van der Waals surface area contributed by atoms with Crippen LogP contribution in [0.5, 0.6) is 0 Å². The molecule has 0 aromatic heterocycles. The summed E-state index contributed by atoms with van der Waals surface area (Å²) in [4.78, 5) is 27.4. The quantitative estimate of drug-likeness (QED) is 0.578. The summed E-state index contributed by atoms with van der Waals surface area (Å²) in [5.41, 5.74) is 1.52. The highest BCUT2D eigenvalue weighted by atomic mass is 32.2. The van der Waals surface area contributed by atoms with Crippen LogP contribution in [0.2, 0.25) is 0 Å². The van der Waals surface area contributed by atoms with Crippen LogP contribution in [-0.2, 0) is 19.4 Å². The van der Waals surface area contributed by atoms with Gasteiger partial charge in [-0.15, -0.1) is 0 Å². The molecule has 4 rings (SSSR count). The minimum absolute atomic E-state index is 0.0814. The number of aliphatic carboxylic acids is 1. The number of carbonyl (C=O) groups is 2. The topological polar surface area (TPSA) is 91.8 Å². The predicted molar refractivity (Wildman–Crippen MR) is 124 cm³/mol. The number of carboxylic acid groups (broad SMARTS) is 1. The standard InChI is InChI=1S/C26H25NO5S/c28-25(24(20-10-4-1-5-11-20)21-12-6-2-7-13-21)27-17-19(16-23(27)26(29)30)18-33(31,32)22-14-8-3-9-15-22/h1-15,19,23-24H,16-18H2,(H,29,30)/t19-,23-/m0/s1. The van der Waals surface area contributed by atoms with Gasteiger partial charge in [0.25, 0.3) is 0 Å². The molecule has 3 aromatic carbocycles. The summed E-state index contributed by atoms with van der Waals surface area (Å²) < 4.78 is 25.7. The number of sulfone groups is 1. The molecule has 0 radical (unpaired) electrons. The minimum atomic E-state index is -3.60. The smallest absolute Gasteiger partial charge is 0.326 e. The molecule has 3 aromatic rings. The van der Waals surface area contributed by atoms with Gasteiger partial charge in [0.1, 0.15) is 6.04 Å². The molecule has 7 heteroatoms. The number of benzene rings is 3. The minimum Gasteiger partial charge on any atom is -0.480 e. The molecule has 0 saturated carbocycles. The zero-order valence-electron chi connectivity index (χ0n) is 17.9. The van der Waals surface area contributed by atoms with Crippen LogP contribution in [0.4, 0.5) is 0 Å². The molecule has 0 spiro atoms. The molecule has 0 bridgehead atoms. The molecular weight excluding hydrogens is 438 g/mol. The summed E-state index contributed by atoms with van der Waals surface area (Å²) >= 11 is 0. The number of hydrogen-bond acceptors (Lipinski definition) is 4. The summed E-state index contributed by atoms with van der Waals surface area (Å²) in [6.07, 6.45) is 0.101. The molecule has 33 heavy (non-hydrogen) atoms. The highest BCUT2D eigenvalue weighted by Crippen LogP contribution is 2.33. The van der Waals surface area contributed by atoms with E-state index in [9.17, 15) is 23.1 Å². The van der Waals surface area contributed by atoms with E-state index in [1.54, 1.807) is 18.2 Å². The third-order valence-electron chi connectivity index (χ3n) is 6.03. The van der Waals surface area contributed by atoms with Crippen molar-refractivity contribution in [2.75, 3.05) is 12.3 Å². The van der Waals surface area contributed by atoms with Gasteiger partial charge in [0.2, 0.25) is 5.91 Å². The first-order valence-corrected chi connectivity index (χ1v) is 12.4. The van der Waals surface area contributed by atoms with Gasteiger partial charge in [0, 0.05) is 6.54 Å². The van der Waals surface area contributed by atoms with Crippen molar-refractivity contribution in [1.29, 1.82) is 0 Å². The van der Waals surface area contributed by atoms with Gasteiger partial charge in [-0.05, 0) is 35.6 Å². The van der Waals surface area contributed by atoms with E-state index in [1.807, 2.05) is 60.7 Å². The third kappa shape index (κ3) is 4.98. The number of carboxylic acids is 1. The van der Waals surface area contributed by atoms with Crippen LogP contribution in [0.25, 0.3) is 0 Å². The Labute approximate surface area is 193 Å². The second-order valence-electron chi connectivity index (χ2n) is 8.30. The van der Waals surface area contributed by atoms with Crippen LogP contribution < -0.4 is 0 Å². The highest BCUT2D eigenvalue weighted by Gasteiger charge is 2.43. The van der Waals surface area contributed by atoms with Gasteiger partial charge in [-0.3, -0.25) is 4.79 Å². The SMILES string of the molecule is O=C(O)[C@@H]1C[C@H](CS(=O)(=O)c2ccccc2)CN1C(=O)C(c1ccccc1)c1ccccc1. The van der Waals surface area contributed by atoms with Gasteiger partial charge in [-0.1, -0.05) is 78.9 Å². The molecule has 1 amide bonds. The summed E-state index contributed by atoms with van der Waals surface area (Å²) in [6, 6.07) is 25.5. The predicted octanol–water partition coefficient (Wildman–Crippen LogP) is 3.59. The average molecular weight is 464 g/mol. The molecule has 1 N–H and O–H groups in total. The Morgan fingerprint density at radius 3 is 1.82 bits per heavy atom. The fourth-order valence-electron chi connectivity index (χ4n) is 4.49. The van der Waals surface area contributed by atoms with Crippen LogP contribution in [0.15, 0.2) is 95.9 Å². The average Bonchev–Trinajstić information content (AvgIpc) is 3.25. The zero-order valence-corrected chi connectivity index (χ0v) is 18.8. The molecule has 1 saturated heterocycles. The van der Waals surface area contributed by atoms with Crippen LogP contribution in [0, 0.1) is 5.92 Å². The summed E-state index contributed by atoms with van der Waals surface area (Å²) in [5, 5.41) is 9.85. The lowest BCUT2D eigenvalue weighted by molar-refractivity contribution is -0.148. The number of hydrogen-bond donors (Lipinski definition) is 1. The monoisotopic (exact) mass is 463 g/mol. The number of nitrogens with zero attached hydrogens (tertiary/aromatic N) is 1. The molecule has 6 nitrogen and oxygen atoms in total. The highest BCUT2D eigenvalue weighted by molar-refractivity contribution is 7.91. The molecular formula is C26H25NO5S. The van der Waals surface area contributed by atoms with Crippen molar-refractivity contribution in [2.45, 2.75) is 23.3 Å². The van der Waals surface area contributed by atoms with Crippen molar-refractivity contribution >= 4 is 21.7 Å². The normalized spacial score (nSPS) is 18.4. The molecule has 1 fully saturated rings. The molecule has 0 unspecified atom stereocenters. The Morgan fingerprint density at radius 2 is 1.33 bits per heavy atom. The second-order valence-corrected chi connectivity index (χ2v) is 10.3. The largest absolute Gasteiger partial charge is 0.480 e. The molecule has 2 atom stereocenters. The summed E-state index contributed by atoms with van der Waals surface area (Å²) in [6.45, 7) is 0.0814. The van der Waals surface area contributed by atoms with Crippen LogP contribution in [-0.4, -0.2) is 48.6 Å². The van der Waals surface area contributed by atoms with Crippen molar-refractivity contribution in [2.24, 2.45) is 5.92 Å². The maximum Gasteiger partial charge on any atom is 0.326 e. The number of likely N-dealkylation sites (tertiary alicyclic amines) is 1. The van der Waals surface area contributed by atoms with Gasteiger partial charge in [0.05, 0.1) is 16.6 Å². The van der Waals surface area contributed by atoms with Crippen molar-refractivity contribution in [3.63, 3.8) is 0 Å². The molecule has 0 aliphatic carbocycles. The van der Waals surface area contributed by atoms with E-state index < -0.39 is 33.7 Å². The van der Waals surface area contributed by atoms with E-state index in [4.69, 9.17) is 0 Å². The molecule has 170 valence electrons. The zero-order chi connectivity index (χ0) is 23.4. The summed E-state index contributed by atoms with van der Waals surface area (Å²) in [5.74, 6) is -2.79.